The van der Waals surface area contributed by atoms with Gasteiger partial charge in [0.2, 0.25) is 0 Å². The Labute approximate surface area is 86.1 Å². The fourth-order valence-electron chi connectivity index (χ4n) is 1.67. The third-order valence-electron chi connectivity index (χ3n) is 2.75. The van der Waals surface area contributed by atoms with Crippen molar-refractivity contribution in [3.05, 3.63) is 35.1 Å². The fraction of sp³-hybridized carbons (Fsp3) is 0.455. The van der Waals surface area contributed by atoms with E-state index in [9.17, 15) is 13.2 Å². The minimum absolute atomic E-state index is 0.0702. The molecular weight excluding hydrogens is 203 g/mol. The number of benzene rings is 1. The average Bonchev–Trinajstić information content (AvgIpc) is 2.98. The second-order valence-electron chi connectivity index (χ2n) is 4.05. The number of hydrogen-bond donors (Lipinski definition) is 1. The maximum absolute atomic E-state index is 13.3. The molecule has 0 spiro atoms. The van der Waals surface area contributed by atoms with Crippen molar-refractivity contribution in [2.45, 2.75) is 25.3 Å². The highest BCUT2D eigenvalue weighted by atomic mass is 19.2. The van der Waals surface area contributed by atoms with E-state index in [1.807, 2.05) is 0 Å². The molecule has 0 bridgehead atoms. The van der Waals surface area contributed by atoms with Crippen LogP contribution in [-0.4, -0.2) is 0 Å². The predicted molar refractivity (Wildman–Crippen MR) is 50.6 cm³/mol. The number of halogens is 3. The van der Waals surface area contributed by atoms with Crippen molar-refractivity contribution in [3.63, 3.8) is 0 Å². The van der Waals surface area contributed by atoms with Gasteiger partial charge in [-0.25, -0.2) is 13.2 Å². The van der Waals surface area contributed by atoms with Crippen LogP contribution in [-0.2, 0) is 0 Å². The van der Waals surface area contributed by atoms with Gasteiger partial charge in [-0.05, 0) is 18.4 Å². The lowest BCUT2D eigenvalue weighted by molar-refractivity contribution is 0.431. The van der Waals surface area contributed by atoms with Crippen molar-refractivity contribution >= 4 is 0 Å². The van der Waals surface area contributed by atoms with E-state index >= 15 is 0 Å². The Balaban J connectivity index is 2.22. The van der Waals surface area contributed by atoms with E-state index in [-0.39, 0.29) is 5.56 Å². The van der Waals surface area contributed by atoms with Crippen LogP contribution in [0.3, 0.4) is 0 Å². The van der Waals surface area contributed by atoms with E-state index in [2.05, 4.69) is 0 Å². The van der Waals surface area contributed by atoms with Crippen molar-refractivity contribution < 1.29 is 13.2 Å². The lowest BCUT2D eigenvalue weighted by Crippen LogP contribution is -2.14. The molecule has 1 unspecified atom stereocenters. The highest BCUT2D eigenvalue weighted by Crippen LogP contribution is 2.37. The summed E-state index contributed by atoms with van der Waals surface area (Å²) in [7, 11) is 0. The second kappa shape index (κ2) is 3.85. The zero-order valence-corrected chi connectivity index (χ0v) is 8.14. The molecule has 4 heteroatoms. The summed E-state index contributed by atoms with van der Waals surface area (Å²) in [4.78, 5) is 0. The van der Waals surface area contributed by atoms with Crippen LogP contribution in [0.4, 0.5) is 13.2 Å². The number of rotatable bonds is 3. The molecule has 0 heterocycles. The summed E-state index contributed by atoms with van der Waals surface area (Å²) >= 11 is 0. The van der Waals surface area contributed by atoms with Gasteiger partial charge in [0.15, 0.2) is 17.5 Å². The Morgan fingerprint density at radius 3 is 2.47 bits per heavy atom. The van der Waals surface area contributed by atoms with Gasteiger partial charge >= 0.3 is 0 Å². The summed E-state index contributed by atoms with van der Waals surface area (Å²) < 4.78 is 38.8. The zero-order chi connectivity index (χ0) is 11.0. The Kier molecular flexibility index (Phi) is 2.69. The van der Waals surface area contributed by atoms with Gasteiger partial charge in [0.05, 0.1) is 0 Å². The first-order valence-electron chi connectivity index (χ1n) is 4.98. The first-order valence-corrected chi connectivity index (χ1v) is 4.98. The monoisotopic (exact) mass is 215 g/mol. The van der Waals surface area contributed by atoms with Crippen molar-refractivity contribution in [2.75, 3.05) is 0 Å². The van der Waals surface area contributed by atoms with Crippen LogP contribution in [0.25, 0.3) is 0 Å². The third-order valence-corrected chi connectivity index (χ3v) is 2.75. The normalized spacial score (nSPS) is 17.9. The summed E-state index contributed by atoms with van der Waals surface area (Å²) in [6.45, 7) is 0. The molecule has 1 aliphatic carbocycles. The molecular formula is C11H12F3N. The topological polar surface area (TPSA) is 26.0 Å². The number of hydrogen-bond acceptors (Lipinski definition) is 1. The zero-order valence-electron chi connectivity index (χ0n) is 8.14. The smallest absolute Gasteiger partial charge is 0.194 e. The standard InChI is InChI=1S/C11H12F3N/c12-8-4-3-7(10(13)11(8)14)9(15)5-6-1-2-6/h3-4,6,9H,1-2,5,15H2. The molecule has 0 aliphatic heterocycles. The maximum atomic E-state index is 13.3. The highest BCUT2D eigenvalue weighted by Gasteiger charge is 2.26. The lowest BCUT2D eigenvalue weighted by atomic mass is 10.0. The first kappa shape index (κ1) is 10.5. The molecule has 82 valence electrons. The number of nitrogens with two attached hydrogens (primary N) is 1. The molecule has 1 nitrogen and oxygen atoms in total. The molecule has 1 saturated carbocycles. The average molecular weight is 215 g/mol. The Bertz CT molecular complexity index is 374. The summed E-state index contributed by atoms with van der Waals surface area (Å²) in [5, 5.41) is 0. The summed E-state index contributed by atoms with van der Waals surface area (Å²) in [5.74, 6) is -3.23. The van der Waals surface area contributed by atoms with E-state index in [4.69, 9.17) is 5.73 Å². The third kappa shape index (κ3) is 2.15. The van der Waals surface area contributed by atoms with Gasteiger partial charge in [-0.3, -0.25) is 0 Å². The molecule has 2 N–H and O–H groups in total. The van der Waals surface area contributed by atoms with Gasteiger partial charge < -0.3 is 5.73 Å². The van der Waals surface area contributed by atoms with E-state index < -0.39 is 23.5 Å². The van der Waals surface area contributed by atoms with Gasteiger partial charge in [-0.2, -0.15) is 0 Å². The Morgan fingerprint density at radius 2 is 1.87 bits per heavy atom. The summed E-state index contributed by atoms with van der Waals surface area (Å²) in [5.41, 5.74) is 5.80. The molecule has 1 fully saturated rings. The van der Waals surface area contributed by atoms with Crippen LogP contribution in [0.5, 0.6) is 0 Å². The molecule has 1 aromatic carbocycles. The molecule has 0 radical (unpaired) electrons. The summed E-state index contributed by atoms with van der Waals surface area (Å²) in [6.07, 6.45) is 2.83. The highest BCUT2D eigenvalue weighted by molar-refractivity contribution is 5.23. The first-order chi connectivity index (χ1) is 7.09. The van der Waals surface area contributed by atoms with Gasteiger partial charge in [-0.1, -0.05) is 18.9 Å². The van der Waals surface area contributed by atoms with Crippen molar-refractivity contribution in [2.24, 2.45) is 11.7 Å². The van der Waals surface area contributed by atoms with Crippen molar-refractivity contribution in [1.29, 1.82) is 0 Å². The van der Waals surface area contributed by atoms with Crippen molar-refractivity contribution in [1.82, 2.24) is 0 Å². The Hall–Kier alpha value is -1.03. The molecule has 1 aromatic rings. The van der Waals surface area contributed by atoms with E-state index in [0.717, 1.165) is 18.9 Å². The predicted octanol–water partition coefficient (Wildman–Crippen LogP) is 2.90. The van der Waals surface area contributed by atoms with Crippen molar-refractivity contribution in [3.8, 4) is 0 Å². The molecule has 0 amide bonds. The molecule has 2 rings (SSSR count). The minimum Gasteiger partial charge on any atom is -0.324 e. The van der Waals surface area contributed by atoms with E-state index in [0.29, 0.717) is 12.3 Å². The quantitative estimate of drug-likeness (QED) is 0.771. The molecule has 0 saturated heterocycles. The maximum Gasteiger partial charge on any atom is 0.194 e. The van der Waals surface area contributed by atoms with Crippen LogP contribution in [0, 0.1) is 23.4 Å². The van der Waals surface area contributed by atoms with Crippen LogP contribution in [0.1, 0.15) is 30.9 Å². The molecule has 0 aromatic heterocycles. The van der Waals surface area contributed by atoms with Crippen LogP contribution in [0.15, 0.2) is 12.1 Å². The SMILES string of the molecule is NC(CC1CC1)c1ccc(F)c(F)c1F. The van der Waals surface area contributed by atoms with E-state index in [1.165, 1.54) is 6.07 Å². The lowest BCUT2D eigenvalue weighted by Gasteiger charge is -2.12. The molecule has 1 aliphatic rings. The second-order valence-corrected chi connectivity index (χ2v) is 4.05. The van der Waals surface area contributed by atoms with Gasteiger partial charge in [0.1, 0.15) is 0 Å². The van der Waals surface area contributed by atoms with E-state index in [1.54, 1.807) is 0 Å². The van der Waals surface area contributed by atoms with Crippen LogP contribution in [0.2, 0.25) is 0 Å². The Morgan fingerprint density at radius 1 is 1.20 bits per heavy atom. The van der Waals surface area contributed by atoms with Gasteiger partial charge in [-0.15, -0.1) is 0 Å². The van der Waals surface area contributed by atoms with Crippen LogP contribution < -0.4 is 5.73 Å². The van der Waals surface area contributed by atoms with Crippen LogP contribution >= 0.6 is 0 Å². The fourth-order valence-corrected chi connectivity index (χ4v) is 1.67. The molecule has 1 atom stereocenters. The summed E-state index contributed by atoms with van der Waals surface area (Å²) in [6, 6.07) is 1.61. The van der Waals surface area contributed by atoms with Gasteiger partial charge in [0, 0.05) is 11.6 Å². The van der Waals surface area contributed by atoms with Gasteiger partial charge in [0.25, 0.3) is 0 Å². The largest absolute Gasteiger partial charge is 0.324 e. The minimum atomic E-state index is -1.43. The molecule has 15 heavy (non-hydrogen) atoms.